The highest BCUT2D eigenvalue weighted by molar-refractivity contribution is 8.00. The number of carbonyl (C=O) groups is 3. The third-order valence-corrected chi connectivity index (χ3v) is 4.25. The molecule has 2 atom stereocenters. The van der Waals surface area contributed by atoms with E-state index in [0.717, 1.165) is 11.8 Å². The first-order valence-corrected chi connectivity index (χ1v) is 8.71. The first-order chi connectivity index (χ1) is 11.7. The minimum atomic E-state index is -1.09. The van der Waals surface area contributed by atoms with Crippen LogP contribution in [0, 0.1) is 5.92 Å². The topological polar surface area (TPSA) is 102 Å². The summed E-state index contributed by atoms with van der Waals surface area (Å²) in [6, 6.07) is 6.74. The van der Waals surface area contributed by atoms with Gasteiger partial charge in [0, 0.05) is 29.3 Å². The average molecular weight is 390 g/mol. The number of hydrogen-bond donors (Lipinski definition) is 2. The van der Waals surface area contributed by atoms with Crippen LogP contribution in [0.4, 0.5) is 4.79 Å². The molecule has 0 bridgehead atoms. The summed E-state index contributed by atoms with van der Waals surface area (Å²) in [5, 5.41) is 11.2. The smallest absolute Gasteiger partial charge is 0.410 e. The predicted octanol–water partition coefficient (Wildman–Crippen LogP) is 3.16. The van der Waals surface area contributed by atoms with Gasteiger partial charge in [0.1, 0.15) is 5.25 Å². The minimum absolute atomic E-state index is 0.170. The summed E-state index contributed by atoms with van der Waals surface area (Å²) in [4.78, 5) is 34.8. The SMILES string of the molecule is CC(=O)O[C@H](OC(=O)NC[C@H](Sc1cccc(Cl)c1)C(=O)O)C(C)C. The molecule has 0 aromatic heterocycles. The molecule has 2 N–H and O–H groups in total. The molecule has 0 unspecified atom stereocenters. The first-order valence-electron chi connectivity index (χ1n) is 7.45. The quantitative estimate of drug-likeness (QED) is 0.400. The molecule has 1 rings (SSSR count). The molecule has 0 aliphatic heterocycles. The van der Waals surface area contributed by atoms with E-state index in [1.165, 1.54) is 6.92 Å². The molecule has 7 nitrogen and oxygen atoms in total. The molecule has 0 heterocycles. The van der Waals surface area contributed by atoms with Gasteiger partial charge in [-0.25, -0.2) is 4.79 Å². The summed E-state index contributed by atoms with van der Waals surface area (Å²) >= 11 is 6.92. The van der Waals surface area contributed by atoms with Crippen molar-refractivity contribution in [2.24, 2.45) is 5.92 Å². The van der Waals surface area contributed by atoms with Gasteiger partial charge in [-0.05, 0) is 18.2 Å². The maximum Gasteiger partial charge on any atom is 0.410 e. The summed E-state index contributed by atoms with van der Waals surface area (Å²) in [5.74, 6) is -1.91. The molecule has 1 aromatic carbocycles. The van der Waals surface area contributed by atoms with Crippen molar-refractivity contribution in [3.63, 3.8) is 0 Å². The third kappa shape index (κ3) is 8.13. The highest BCUT2D eigenvalue weighted by atomic mass is 35.5. The number of aliphatic carboxylic acids is 1. The van der Waals surface area contributed by atoms with Crippen molar-refractivity contribution in [3.05, 3.63) is 29.3 Å². The summed E-state index contributed by atoms with van der Waals surface area (Å²) in [5.41, 5.74) is 0. The van der Waals surface area contributed by atoms with Gasteiger partial charge < -0.3 is 19.9 Å². The molecule has 0 spiro atoms. The van der Waals surface area contributed by atoms with Crippen LogP contribution in [0.15, 0.2) is 29.2 Å². The molecular weight excluding hydrogens is 370 g/mol. The van der Waals surface area contributed by atoms with Crippen LogP contribution in [0.3, 0.4) is 0 Å². The van der Waals surface area contributed by atoms with E-state index < -0.39 is 29.6 Å². The number of esters is 1. The monoisotopic (exact) mass is 389 g/mol. The van der Waals surface area contributed by atoms with Crippen molar-refractivity contribution in [1.29, 1.82) is 0 Å². The lowest BCUT2D eigenvalue weighted by Gasteiger charge is -2.21. The number of thioether (sulfide) groups is 1. The molecule has 0 fully saturated rings. The fourth-order valence-electron chi connectivity index (χ4n) is 1.67. The van der Waals surface area contributed by atoms with Gasteiger partial charge in [0.15, 0.2) is 0 Å². The summed E-state index contributed by atoms with van der Waals surface area (Å²) in [6.45, 7) is 4.47. The second-order valence-electron chi connectivity index (χ2n) is 5.41. The Labute approximate surface area is 155 Å². The summed E-state index contributed by atoms with van der Waals surface area (Å²) < 4.78 is 9.89. The Morgan fingerprint density at radius 1 is 1.28 bits per heavy atom. The summed E-state index contributed by atoms with van der Waals surface area (Å²) in [6.07, 6.45) is -1.90. The number of benzene rings is 1. The number of rotatable bonds is 8. The maximum atomic E-state index is 11.8. The van der Waals surface area contributed by atoms with Gasteiger partial charge in [0.05, 0.1) is 0 Å². The predicted molar refractivity (Wildman–Crippen MR) is 93.6 cm³/mol. The van der Waals surface area contributed by atoms with E-state index in [1.807, 2.05) is 0 Å². The fourth-order valence-corrected chi connectivity index (χ4v) is 2.87. The van der Waals surface area contributed by atoms with Gasteiger partial charge in [-0.15, -0.1) is 11.8 Å². The van der Waals surface area contributed by atoms with Gasteiger partial charge in [0.2, 0.25) is 0 Å². The van der Waals surface area contributed by atoms with Crippen molar-refractivity contribution >= 4 is 41.4 Å². The Morgan fingerprint density at radius 3 is 2.48 bits per heavy atom. The molecule has 0 radical (unpaired) electrons. The average Bonchev–Trinajstić information content (AvgIpc) is 2.50. The van der Waals surface area contributed by atoms with Crippen LogP contribution in [0.25, 0.3) is 0 Å². The molecule has 1 aromatic rings. The standard InChI is InChI=1S/C16H20ClNO6S/c1-9(2)15(23-10(3)19)24-16(22)18-8-13(14(20)21)25-12-6-4-5-11(17)7-12/h4-7,9,13,15H,8H2,1-3H3,(H,18,22)(H,20,21)/t13-,15+/m0/s1. The second kappa shape index (κ2) is 10.1. The van der Waals surface area contributed by atoms with E-state index >= 15 is 0 Å². The van der Waals surface area contributed by atoms with E-state index in [2.05, 4.69) is 5.32 Å². The molecule has 1 amide bonds. The second-order valence-corrected chi connectivity index (χ2v) is 7.12. The largest absolute Gasteiger partial charge is 0.480 e. The van der Waals surface area contributed by atoms with Gasteiger partial charge in [-0.3, -0.25) is 9.59 Å². The van der Waals surface area contributed by atoms with E-state index in [9.17, 15) is 19.5 Å². The molecule has 0 saturated carbocycles. The van der Waals surface area contributed by atoms with Crippen molar-refractivity contribution in [3.8, 4) is 0 Å². The number of amides is 1. The lowest BCUT2D eigenvalue weighted by atomic mass is 10.2. The van der Waals surface area contributed by atoms with Crippen molar-refractivity contribution in [2.75, 3.05) is 6.54 Å². The van der Waals surface area contributed by atoms with Crippen LogP contribution in [-0.2, 0) is 19.1 Å². The first kappa shape index (κ1) is 21.1. The Hall–Kier alpha value is -1.93. The number of hydrogen-bond acceptors (Lipinski definition) is 6. The zero-order chi connectivity index (χ0) is 19.0. The Bertz CT molecular complexity index is 624. The van der Waals surface area contributed by atoms with E-state index in [4.69, 9.17) is 21.1 Å². The molecule has 0 aliphatic rings. The van der Waals surface area contributed by atoms with Crippen LogP contribution in [0.5, 0.6) is 0 Å². The molecule has 9 heteroatoms. The molecule has 0 saturated heterocycles. The van der Waals surface area contributed by atoms with Gasteiger partial charge >= 0.3 is 18.0 Å². The molecule has 138 valence electrons. The van der Waals surface area contributed by atoms with Gasteiger partial charge in [-0.1, -0.05) is 31.5 Å². The van der Waals surface area contributed by atoms with Crippen molar-refractivity contribution in [1.82, 2.24) is 5.32 Å². The van der Waals surface area contributed by atoms with Crippen LogP contribution < -0.4 is 5.32 Å². The third-order valence-electron chi connectivity index (χ3n) is 2.83. The molecule has 0 aliphatic carbocycles. The van der Waals surface area contributed by atoms with Crippen LogP contribution in [-0.4, -0.2) is 41.2 Å². The Morgan fingerprint density at radius 2 is 1.96 bits per heavy atom. The van der Waals surface area contributed by atoms with E-state index in [-0.39, 0.29) is 12.5 Å². The van der Waals surface area contributed by atoms with Crippen LogP contribution in [0.2, 0.25) is 5.02 Å². The number of carbonyl (C=O) groups excluding carboxylic acids is 2. The number of carboxylic acid groups (broad SMARTS) is 1. The number of carboxylic acids is 1. The number of nitrogens with one attached hydrogen (secondary N) is 1. The van der Waals surface area contributed by atoms with E-state index in [1.54, 1.807) is 38.1 Å². The van der Waals surface area contributed by atoms with Gasteiger partial charge in [0.25, 0.3) is 6.29 Å². The number of halogens is 1. The fraction of sp³-hybridized carbons (Fsp3) is 0.438. The zero-order valence-electron chi connectivity index (χ0n) is 14.0. The Balaban J connectivity index is 2.60. The van der Waals surface area contributed by atoms with Gasteiger partial charge in [-0.2, -0.15) is 0 Å². The van der Waals surface area contributed by atoms with Crippen molar-refractivity contribution < 1.29 is 29.0 Å². The molecule has 25 heavy (non-hydrogen) atoms. The minimum Gasteiger partial charge on any atom is -0.480 e. The summed E-state index contributed by atoms with van der Waals surface area (Å²) in [7, 11) is 0. The highest BCUT2D eigenvalue weighted by Gasteiger charge is 2.24. The Kier molecular flexibility index (Phi) is 8.57. The zero-order valence-corrected chi connectivity index (χ0v) is 15.6. The normalized spacial score (nSPS) is 13.0. The lowest BCUT2D eigenvalue weighted by molar-refractivity contribution is -0.172. The number of ether oxygens (including phenoxy) is 2. The number of alkyl carbamates (subject to hydrolysis) is 1. The highest BCUT2D eigenvalue weighted by Crippen LogP contribution is 2.25. The molecular formula is C16H20ClNO6S. The van der Waals surface area contributed by atoms with Crippen molar-refractivity contribution in [2.45, 2.75) is 37.2 Å². The lowest BCUT2D eigenvalue weighted by Crippen LogP contribution is -2.38. The van der Waals surface area contributed by atoms with Crippen LogP contribution in [0.1, 0.15) is 20.8 Å². The maximum absolute atomic E-state index is 11.8. The van der Waals surface area contributed by atoms with E-state index in [0.29, 0.717) is 9.92 Å². The van der Waals surface area contributed by atoms with Crippen LogP contribution >= 0.6 is 23.4 Å².